The molecule has 0 spiro atoms. The summed E-state index contributed by atoms with van der Waals surface area (Å²) in [4.78, 5) is 37.4. The lowest BCUT2D eigenvalue weighted by molar-refractivity contribution is -0.137. The van der Waals surface area contributed by atoms with Gasteiger partial charge in [0, 0.05) is 19.5 Å². The van der Waals surface area contributed by atoms with Crippen LogP contribution in [0.4, 0.5) is 0 Å². The summed E-state index contributed by atoms with van der Waals surface area (Å²) in [5.74, 6) is 1.38. The fourth-order valence-electron chi connectivity index (χ4n) is 3.69. The first-order chi connectivity index (χ1) is 12.5. The molecule has 0 bridgehead atoms. The molecule has 2 rings (SSSR count). The van der Waals surface area contributed by atoms with Crippen molar-refractivity contribution >= 4 is 17.8 Å². The van der Waals surface area contributed by atoms with E-state index in [0.29, 0.717) is 31.8 Å². The molecule has 2 atom stereocenters. The van der Waals surface area contributed by atoms with Crippen LogP contribution in [-0.2, 0) is 14.4 Å². The smallest absolute Gasteiger partial charge is 0.306 e. The Kier molecular flexibility index (Phi) is 7.92. The lowest BCUT2D eigenvalue weighted by Crippen LogP contribution is -2.47. The summed E-state index contributed by atoms with van der Waals surface area (Å²) in [7, 11) is 0. The van der Waals surface area contributed by atoms with E-state index in [2.05, 4.69) is 16.6 Å². The van der Waals surface area contributed by atoms with Gasteiger partial charge in [-0.1, -0.05) is 5.92 Å². The molecule has 0 saturated carbocycles. The third-order valence-electron chi connectivity index (χ3n) is 5.27. The zero-order chi connectivity index (χ0) is 18.9. The van der Waals surface area contributed by atoms with E-state index in [4.69, 9.17) is 11.5 Å². The number of nitrogens with zero attached hydrogens (tertiary/aromatic N) is 1. The standard InChI is InChI=1S/C19H29N3O4/c1-2-16(12-18(24)25)21-19(26)15-4-3-11-22(13-15)17(23)6-5-14-7-9-20-10-8-14/h1,14-16,20H,3-13H2,(H,21,26)(H,24,25)/t15-,16?/m1/s1. The van der Waals surface area contributed by atoms with Gasteiger partial charge in [-0.25, -0.2) is 0 Å². The van der Waals surface area contributed by atoms with Crippen molar-refractivity contribution in [1.82, 2.24) is 15.5 Å². The number of carbonyl (C=O) groups excluding carboxylic acids is 2. The van der Waals surface area contributed by atoms with E-state index in [1.54, 1.807) is 4.90 Å². The SMILES string of the molecule is C#CC(CC(=O)O)NC(=O)[C@@H]1CCCN(C(=O)CCC2CCNCC2)C1. The molecule has 2 fully saturated rings. The van der Waals surface area contributed by atoms with Gasteiger partial charge in [0.05, 0.1) is 12.3 Å². The van der Waals surface area contributed by atoms with Crippen molar-refractivity contribution in [2.24, 2.45) is 11.8 Å². The minimum absolute atomic E-state index is 0.111. The van der Waals surface area contributed by atoms with E-state index in [1.807, 2.05) is 0 Å². The molecule has 2 heterocycles. The summed E-state index contributed by atoms with van der Waals surface area (Å²) in [5.41, 5.74) is 0. The molecule has 7 heteroatoms. The van der Waals surface area contributed by atoms with Crippen molar-refractivity contribution in [1.29, 1.82) is 0 Å². The van der Waals surface area contributed by atoms with Crippen LogP contribution in [0.3, 0.4) is 0 Å². The highest BCUT2D eigenvalue weighted by Gasteiger charge is 2.29. The number of amides is 2. The largest absolute Gasteiger partial charge is 0.481 e. The molecule has 0 aromatic heterocycles. The number of aliphatic carboxylic acids is 1. The molecule has 7 nitrogen and oxygen atoms in total. The first kappa shape index (κ1) is 20.2. The van der Waals surface area contributed by atoms with Gasteiger partial charge in [0.2, 0.25) is 11.8 Å². The lowest BCUT2D eigenvalue weighted by atomic mass is 9.92. The van der Waals surface area contributed by atoms with Crippen LogP contribution in [0.15, 0.2) is 0 Å². The Morgan fingerprint density at radius 2 is 2.00 bits per heavy atom. The normalized spacial score (nSPS) is 22.3. The Morgan fingerprint density at radius 3 is 2.65 bits per heavy atom. The first-order valence-corrected chi connectivity index (χ1v) is 9.46. The number of nitrogens with one attached hydrogen (secondary N) is 2. The van der Waals surface area contributed by atoms with Gasteiger partial charge in [0.25, 0.3) is 0 Å². The number of terminal acetylenes is 1. The van der Waals surface area contributed by atoms with Crippen LogP contribution in [-0.4, -0.2) is 60.0 Å². The molecule has 2 aliphatic heterocycles. The average Bonchev–Trinajstić information content (AvgIpc) is 2.66. The highest BCUT2D eigenvalue weighted by molar-refractivity contribution is 5.82. The van der Waals surface area contributed by atoms with Crippen LogP contribution >= 0.6 is 0 Å². The molecule has 0 aromatic carbocycles. The van der Waals surface area contributed by atoms with Crippen LogP contribution in [0.5, 0.6) is 0 Å². The van der Waals surface area contributed by atoms with Crippen LogP contribution < -0.4 is 10.6 Å². The molecule has 0 radical (unpaired) electrons. The third-order valence-corrected chi connectivity index (χ3v) is 5.27. The van der Waals surface area contributed by atoms with E-state index in [-0.39, 0.29) is 24.2 Å². The number of carboxylic acids is 1. The zero-order valence-electron chi connectivity index (χ0n) is 15.2. The van der Waals surface area contributed by atoms with Crippen molar-refractivity contribution < 1.29 is 19.5 Å². The van der Waals surface area contributed by atoms with Gasteiger partial charge in [-0.2, -0.15) is 0 Å². The highest BCUT2D eigenvalue weighted by atomic mass is 16.4. The number of piperidine rings is 2. The second kappa shape index (κ2) is 10.2. The Labute approximate surface area is 154 Å². The lowest BCUT2D eigenvalue weighted by Gasteiger charge is -2.33. The fourth-order valence-corrected chi connectivity index (χ4v) is 3.69. The number of hydrogen-bond acceptors (Lipinski definition) is 4. The number of carbonyl (C=O) groups is 3. The minimum atomic E-state index is -1.05. The Balaban J connectivity index is 1.79. The molecule has 0 aliphatic carbocycles. The summed E-state index contributed by atoms with van der Waals surface area (Å²) < 4.78 is 0. The number of rotatable bonds is 7. The zero-order valence-corrected chi connectivity index (χ0v) is 15.2. The van der Waals surface area contributed by atoms with Crippen molar-refractivity contribution in [2.45, 2.75) is 51.0 Å². The molecule has 1 unspecified atom stereocenters. The van der Waals surface area contributed by atoms with E-state index in [0.717, 1.165) is 38.8 Å². The average molecular weight is 363 g/mol. The topological polar surface area (TPSA) is 98.7 Å². The monoisotopic (exact) mass is 363 g/mol. The van der Waals surface area contributed by atoms with Crippen LogP contribution in [0.1, 0.15) is 44.9 Å². The maximum Gasteiger partial charge on any atom is 0.306 e. The molecule has 144 valence electrons. The maximum absolute atomic E-state index is 12.5. The summed E-state index contributed by atoms with van der Waals surface area (Å²) >= 11 is 0. The van der Waals surface area contributed by atoms with E-state index in [9.17, 15) is 14.4 Å². The Morgan fingerprint density at radius 1 is 1.27 bits per heavy atom. The molecule has 2 amide bonds. The Bertz CT molecular complexity index is 551. The molecule has 2 saturated heterocycles. The van der Waals surface area contributed by atoms with Crippen molar-refractivity contribution in [3.05, 3.63) is 0 Å². The number of likely N-dealkylation sites (tertiary alicyclic amines) is 1. The quantitative estimate of drug-likeness (QED) is 0.575. The minimum Gasteiger partial charge on any atom is -0.481 e. The van der Waals surface area contributed by atoms with E-state index < -0.39 is 12.0 Å². The van der Waals surface area contributed by atoms with E-state index in [1.165, 1.54) is 0 Å². The molecular weight excluding hydrogens is 334 g/mol. The fraction of sp³-hybridized carbons (Fsp3) is 0.737. The van der Waals surface area contributed by atoms with Crippen LogP contribution in [0.2, 0.25) is 0 Å². The molecule has 3 N–H and O–H groups in total. The highest BCUT2D eigenvalue weighted by Crippen LogP contribution is 2.21. The summed E-state index contributed by atoms with van der Waals surface area (Å²) in [6, 6.07) is -0.814. The molecule has 0 aromatic rings. The van der Waals surface area contributed by atoms with Gasteiger partial charge in [-0.15, -0.1) is 6.42 Å². The number of hydrogen-bond donors (Lipinski definition) is 3. The van der Waals surface area contributed by atoms with Crippen molar-refractivity contribution in [3.63, 3.8) is 0 Å². The van der Waals surface area contributed by atoms with Gasteiger partial charge in [0.1, 0.15) is 6.04 Å². The van der Waals surface area contributed by atoms with Crippen LogP contribution in [0, 0.1) is 24.2 Å². The molecule has 26 heavy (non-hydrogen) atoms. The van der Waals surface area contributed by atoms with Crippen molar-refractivity contribution in [3.8, 4) is 12.3 Å². The van der Waals surface area contributed by atoms with Gasteiger partial charge in [0.15, 0.2) is 0 Å². The summed E-state index contributed by atoms with van der Waals surface area (Å²) in [5, 5.41) is 14.8. The Hall–Kier alpha value is -2.07. The van der Waals surface area contributed by atoms with Gasteiger partial charge in [-0.05, 0) is 51.1 Å². The van der Waals surface area contributed by atoms with Crippen LogP contribution in [0.25, 0.3) is 0 Å². The third kappa shape index (κ3) is 6.34. The molecular formula is C19H29N3O4. The van der Waals surface area contributed by atoms with Gasteiger partial charge < -0.3 is 20.6 Å². The van der Waals surface area contributed by atoms with Gasteiger partial charge in [-0.3, -0.25) is 14.4 Å². The predicted molar refractivity (Wildman–Crippen MR) is 97.1 cm³/mol. The van der Waals surface area contributed by atoms with Crippen molar-refractivity contribution in [2.75, 3.05) is 26.2 Å². The number of carboxylic acid groups (broad SMARTS) is 1. The maximum atomic E-state index is 12.5. The molecule has 2 aliphatic rings. The van der Waals surface area contributed by atoms with Gasteiger partial charge >= 0.3 is 5.97 Å². The second-order valence-electron chi connectivity index (χ2n) is 7.24. The predicted octanol–water partition coefficient (Wildman–Crippen LogP) is 0.598. The first-order valence-electron chi connectivity index (χ1n) is 9.46. The second-order valence-corrected chi connectivity index (χ2v) is 7.24. The summed E-state index contributed by atoms with van der Waals surface area (Å²) in [6.45, 7) is 3.12. The summed E-state index contributed by atoms with van der Waals surface area (Å²) in [6.07, 6.45) is 10.1. The van der Waals surface area contributed by atoms with E-state index >= 15 is 0 Å².